The van der Waals surface area contributed by atoms with E-state index in [0.717, 1.165) is 5.92 Å². The van der Waals surface area contributed by atoms with E-state index >= 15 is 0 Å². The second kappa shape index (κ2) is 7.16. The standard InChI is InChI=1S/C16H25N.ClH/c1-4-9-17-10-5-6-16(12-17)15-8-7-13(2)14(3)11-15;/h7-8,11,16H,4-6,9-10,12H2,1-3H3;1H/p-1. The summed E-state index contributed by atoms with van der Waals surface area (Å²) in [5.74, 6) is 0.759. The molecule has 0 aliphatic carbocycles. The summed E-state index contributed by atoms with van der Waals surface area (Å²) in [4.78, 5) is 2.63. The first-order valence-corrected chi connectivity index (χ1v) is 7.00. The minimum Gasteiger partial charge on any atom is -1.00 e. The molecule has 2 rings (SSSR count). The molecule has 2 heteroatoms. The van der Waals surface area contributed by atoms with Gasteiger partial charge in [0.25, 0.3) is 0 Å². The smallest absolute Gasteiger partial charge is 0.00503 e. The van der Waals surface area contributed by atoms with Crippen molar-refractivity contribution in [3.05, 3.63) is 34.9 Å². The number of halogens is 1. The van der Waals surface area contributed by atoms with E-state index in [1.807, 2.05) is 0 Å². The third-order valence-electron chi connectivity index (χ3n) is 4.05. The van der Waals surface area contributed by atoms with E-state index in [9.17, 15) is 0 Å². The second-order valence-electron chi connectivity index (χ2n) is 5.48. The molecule has 1 aromatic carbocycles. The topological polar surface area (TPSA) is 3.24 Å². The van der Waals surface area contributed by atoms with Crippen LogP contribution in [-0.4, -0.2) is 24.5 Å². The van der Waals surface area contributed by atoms with Gasteiger partial charge in [-0.05, 0) is 68.8 Å². The third-order valence-corrected chi connectivity index (χ3v) is 4.05. The Bertz CT molecular complexity index is 373. The number of piperidine rings is 1. The molecule has 1 atom stereocenters. The zero-order chi connectivity index (χ0) is 12.3. The second-order valence-corrected chi connectivity index (χ2v) is 5.48. The molecule has 1 heterocycles. The molecule has 1 unspecified atom stereocenters. The lowest BCUT2D eigenvalue weighted by Gasteiger charge is -2.33. The molecular formula is C16H25ClN-. The van der Waals surface area contributed by atoms with Crippen LogP contribution in [-0.2, 0) is 0 Å². The van der Waals surface area contributed by atoms with E-state index in [1.54, 1.807) is 5.56 Å². The SMILES string of the molecule is CCCN1CCCC(c2ccc(C)c(C)c2)C1.[Cl-]. The number of rotatable bonds is 3. The van der Waals surface area contributed by atoms with Crippen LogP contribution in [0.3, 0.4) is 0 Å². The van der Waals surface area contributed by atoms with Gasteiger partial charge in [0.2, 0.25) is 0 Å². The molecule has 1 fully saturated rings. The van der Waals surface area contributed by atoms with Crippen LogP contribution in [0.15, 0.2) is 18.2 Å². The summed E-state index contributed by atoms with van der Waals surface area (Å²) in [6.45, 7) is 10.5. The Morgan fingerprint density at radius 3 is 2.67 bits per heavy atom. The van der Waals surface area contributed by atoms with Gasteiger partial charge in [-0.1, -0.05) is 25.1 Å². The maximum absolute atomic E-state index is 2.63. The first-order valence-electron chi connectivity index (χ1n) is 7.00. The van der Waals surface area contributed by atoms with Crippen LogP contribution >= 0.6 is 0 Å². The van der Waals surface area contributed by atoms with Crippen LogP contribution < -0.4 is 12.4 Å². The molecule has 1 nitrogen and oxygen atoms in total. The summed E-state index contributed by atoms with van der Waals surface area (Å²) in [7, 11) is 0. The van der Waals surface area contributed by atoms with Gasteiger partial charge in [-0.25, -0.2) is 0 Å². The van der Waals surface area contributed by atoms with Crippen LogP contribution in [0.5, 0.6) is 0 Å². The summed E-state index contributed by atoms with van der Waals surface area (Å²) in [6, 6.07) is 7.02. The number of aryl methyl sites for hydroxylation is 2. The van der Waals surface area contributed by atoms with Crippen LogP contribution in [0.2, 0.25) is 0 Å². The first-order chi connectivity index (χ1) is 8.20. The molecule has 1 aliphatic heterocycles. The third kappa shape index (κ3) is 3.73. The highest BCUT2D eigenvalue weighted by Gasteiger charge is 2.20. The predicted molar refractivity (Wildman–Crippen MR) is 74.6 cm³/mol. The molecule has 0 amide bonds. The maximum atomic E-state index is 2.63. The van der Waals surface area contributed by atoms with E-state index in [4.69, 9.17) is 0 Å². The quantitative estimate of drug-likeness (QED) is 0.786. The Morgan fingerprint density at radius 1 is 1.22 bits per heavy atom. The summed E-state index contributed by atoms with van der Waals surface area (Å²) in [5.41, 5.74) is 4.40. The van der Waals surface area contributed by atoms with Crippen LogP contribution in [0.25, 0.3) is 0 Å². The molecule has 0 radical (unpaired) electrons. The highest BCUT2D eigenvalue weighted by Crippen LogP contribution is 2.28. The first kappa shape index (κ1) is 15.5. The highest BCUT2D eigenvalue weighted by molar-refractivity contribution is 5.32. The summed E-state index contributed by atoms with van der Waals surface area (Å²) < 4.78 is 0. The largest absolute Gasteiger partial charge is 1.00 e. The van der Waals surface area contributed by atoms with Crippen LogP contribution in [0, 0.1) is 13.8 Å². The Kier molecular flexibility index (Phi) is 6.17. The van der Waals surface area contributed by atoms with Gasteiger partial charge in [-0.15, -0.1) is 0 Å². The molecule has 102 valence electrons. The summed E-state index contributed by atoms with van der Waals surface area (Å²) in [5, 5.41) is 0. The van der Waals surface area contributed by atoms with Gasteiger partial charge in [0.1, 0.15) is 0 Å². The Balaban J connectivity index is 0.00000162. The van der Waals surface area contributed by atoms with E-state index in [0.29, 0.717) is 0 Å². The fourth-order valence-electron chi connectivity index (χ4n) is 2.87. The van der Waals surface area contributed by atoms with Gasteiger partial charge in [0.15, 0.2) is 0 Å². The number of hydrogen-bond donors (Lipinski definition) is 0. The van der Waals surface area contributed by atoms with Crippen molar-refractivity contribution in [2.45, 2.75) is 46.0 Å². The Morgan fingerprint density at radius 2 is 2.00 bits per heavy atom. The highest BCUT2D eigenvalue weighted by atomic mass is 35.5. The van der Waals surface area contributed by atoms with Crippen molar-refractivity contribution in [3.63, 3.8) is 0 Å². The minimum absolute atomic E-state index is 0. The lowest BCUT2D eigenvalue weighted by molar-refractivity contribution is -0.00000373. The normalized spacial score (nSPS) is 20.5. The van der Waals surface area contributed by atoms with Crippen molar-refractivity contribution < 1.29 is 12.4 Å². The number of nitrogens with zero attached hydrogens (tertiary/aromatic N) is 1. The molecule has 18 heavy (non-hydrogen) atoms. The van der Waals surface area contributed by atoms with Crippen molar-refractivity contribution in [2.75, 3.05) is 19.6 Å². The average Bonchev–Trinajstić information content (AvgIpc) is 2.33. The van der Waals surface area contributed by atoms with E-state index < -0.39 is 0 Å². The summed E-state index contributed by atoms with van der Waals surface area (Å²) in [6.07, 6.45) is 4.00. The minimum atomic E-state index is 0. The van der Waals surface area contributed by atoms with Gasteiger partial charge in [0, 0.05) is 6.54 Å². The van der Waals surface area contributed by atoms with Gasteiger partial charge in [-0.3, -0.25) is 0 Å². The van der Waals surface area contributed by atoms with E-state index in [2.05, 4.69) is 43.9 Å². The summed E-state index contributed by atoms with van der Waals surface area (Å²) >= 11 is 0. The molecule has 0 N–H and O–H groups in total. The monoisotopic (exact) mass is 266 g/mol. The lowest BCUT2D eigenvalue weighted by atomic mass is 9.89. The average molecular weight is 267 g/mol. The van der Waals surface area contributed by atoms with Gasteiger partial charge < -0.3 is 17.3 Å². The Labute approximate surface area is 118 Å². The molecule has 1 aromatic rings. The maximum Gasteiger partial charge on any atom is 0.00503 e. The number of hydrogen-bond acceptors (Lipinski definition) is 1. The molecule has 1 aliphatic rings. The molecule has 0 aromatic heterocycles. The predicted octanol–water partition coefficient (Wildman–Crippen LogP) is 0.897. The fraction of sp³-hybridized carbons (Fsp3) is 0.625. The number of likely N-dealkylation sites (tertiary alicyclic amines) is 1. The van der Waals surface area contributed by atoms with Crippen molar-refractivity contribution in [1.82, 2.24) is 4.90 Å². The molecule has 0 spiro atoms. The van der Waals surface area contributed by atoms with Gasteiger partial charge in [-0.2, -0.15) is 0 Å². The molecular weight excluding hydrogens is 242 g/mol. The van der Waals surface area contributed by atoms with Crippen molar-refractivity contribution in [1.29, 1.82) is 0 Å². The van der Waals surface area contributed by atoms with Crippen LogP contribution in [0.1, 0.15) is 48.8 Å². The lowest BCUT2D eigenvalue weighted by Crippen LogP contribution is -3.00. The zero-order valence-electron chi connectivity index (χ0n) is 11.9. The van der Waals surface area contributed by atoms with E-state index in [-0.39, 0.29) is 12.4 Å². The molecule has 0 bridgehead atoms. The number of benzene rings is 1. The van der Waals surface area contributed by atoms with Crippen LogP contribution in [0.4, 0.5) is 0 Å². The Hall–Kier alpha value is -0.530. The van der Waals surface area contributed by atoms with Crippen molar-refractivity contribution in [2.24, 2.45) is 0 Å². The van der Waals surface area contributed by atoms with Crippen molar-refractivity contribution in [3.8, 4) is 0 Å². The van der Waals surface area contributed by atoms with Crippen molar-refractivity contribution >= 4 is 0 Å². The fourth-order valence-corrected chi connectivity index (χ4v) is 2.87. The zero-order valence-corrected chi connectivity index (χ0v) is 12.6. The molecule has 0 saturated carbocycles. The van der Waals surface area contributed by atoms with Gasteiger partial charge >= 0.3 is 0 Å². The molecule has 1 saturated heterocycles. The van der Waals surface area contributed by atoms with Gasteiger partial charge in [0.05, 0.1) is 0 Å². The van der Waals surface area contributed by atoms with E-state index in [1.165, 1.54) is 50.0 Å².